The van der Waals surface area contributed by atoms with Gasteiger partial charge in [0.15, 0.2) is 0 Å². The van der Waals surface area contributed by atoms with Crippen LogP contribution in [0.1, 0.15) is 12.5 Å². The summed E-state index contributed by atoms with van der Waals surface area (Å²) in [5.41, 5.74) is 1.07. The molecule has 100 valence electrons. The summed E-state index contributed by atoms with van der Waals surface area (Å²) in [6.45, 7) is 1.46. The van der Waals surface area contributed by atoms with Gasteiger partial charge in [0.05, 0.1) is 18.4 Å². The number of esters is 1. The predicted molar refractivity (Wildman–Crippen MR) is 69.3 cm³/mol. The summed E-state index contributed by atoms with van der Waals surface area (Å²) < 4.78 is 4.60. The molecule has 1 unspecified atom stereocenters. The maximum atomic E-state index is 11.5. The molecule has 0 aliphatic heterocycles. The minimum atomic E-state index is -0.797. The summed E-state index contributed by atoms with van der Waals surface area (Å²) in [5, 5.41) is 14.4. The van der Waals surface area contributed by atoms with Gasteiger partial charge in [-0.1, -0.05) is 12.1 Å². The van der Waals surface area contributed by atoms with Crippen molar-refractivity contribution in [1.82, 2.24) is 5.32 Å². The Morgan fingerprint density at radius 1 is 1.42 bits per heavy atom. The lowest BCUT2D eigenvalue weighted by atomic mass is 10.2. The molecule has 0 aliphatic carbocycles. The van der Waals surface area contributed by atoms with E-state index in [1.807, 2.05) is 6.07 Å². The zero-order valence-corrected chi connectivity index (χ0v) is 10.8. The normalized spacial score (nSPS) is 11.0. The summed E-state index contributed by atoms with van der Waals surface area (Å²) in [4.78, 5) is 22.5. The highest BCUT2D eigenvalue weighted by Gasteiger charge is 2.20. The number of benzene rings is 1. The van der Waals surface area contributed by atoms with E-state index in [2.05, 4.69) is 15.4 Å². The average Bonchev–Trinajstić information content (AvgIpc) is 2.42. The van der Waals surface area contributed by atoms with Gasteiger partial charge in [-0.2, -0.15) is 5.26 Å². The van der Waals surface area contributed by atoms with E-state index in [4.69, 9.17) is 5.26 Å². The maximum Gasteiger partial charge on any atom is 0.330 e. The fourth-order valence-corrected chi connectivity index (χ4v) is 1.53. The van der Waals surface area contributed by atoms with Crippen LogP contribution in [0.4, 0.5) is 5.69 Å². The Morgan fingerprint density at radius 2 is 2.11 bits per heavy atom. The van der Waals surface area contributed by atoms with E-state index in [-0.39, 0.29) is 12.5 Å². The van der Waals surface area contributed by atoms with Gasteiger partial charge in [-0.25, -0.2) is 4.79 Å². The zero-order valence-electron chi connectivity index (χ0n) is 10.8. The van der Waals surface area contributed by atoms with Gasteiger partial charge in [0.1, 0.15) is 12.1 Å². The molecule has 1 aromatic carbocycles. The molecule has 0 aliphatic rings. The number of anilines is 1. The highest BCUT2D eigenvalue weighted by Crippen LogP contribution is 2.13. The monoisotopic (exact) mass is 261 g/mol. The van der Waals surface area contributed by atoms with Gasteiger partial charge in [-0.05, 0) is 12.1 Å². The Bertz CT molecular complexity index is 508. The van der Waals surface area contributed by atoms with Crippen LogP contribution in [0.2, 0.25) is 0 Å². The van der Waals surface area contributed by atoms with Gasteiger partial charge in [0, 0.05) is 13.5 Å². The van der Waals surface area contributed by atoms with Crippen molar-refractivity contribution in [3.8, 4) is 6.07 Å². The summed E-state index contributed by atoms with van der Waals surface area (Å²) in [5.74, 6) is -0.872. The van der Waals surface area contributed by atoms with Crippen LogP contribution in [0.3, 0.4) is 0 Å². The Morgan fingerprint density at radius 3 is 2.68 bits per heavy atom. The third-order valence-electron chi connectivity index (χ3n) is 2.41. The second-order valence-corrected chi connectivity index (χ2v) is 3.81. The van der Waals surface area contributed by atoms with E-state index in [0.717, 1.165) is 0 Å². The number of amides is 1. The molecule has 1 rings (SSSR count). The molecule has 0 heterocycles. The van der Waals surface area contributed by atoms with Crippen LogP contribution in [0.25, 0.3) is 0 Å². The number of carbonyl (C=O) groups excluding carboxylic acids is 2. The summed E-state index contributed by atoms with van der Waals surface area (Å²) >= 11 is 0. The second-order valence-electron chi connectivity index (χ2n) is 3.81. The first-order valence-corrected chi connectivity index (χ1v) is 5.66. The molecule has 0 bridgehead atoms. The van der Waals surface area contributed by atoms with Crippen LogP contribution in [0, 0.1) is 11.3 Å². The quantitative estimate of drug-likeness (QED) is 0.759. The number of methoxy groups -OCH3 is 1. The van der Waals surface area contributed by atoms with Gasteiger partial charge in [0.2, 0.25) is 5.91 Å². The number of nitrogens with one attached hydrogen (secondary N) is 2. The van der Waals surface area contributed by atoms with Crippen molar-refractivity contribution in [3.05, 3.63) is 29.8 Å². The molecule has 6 heteroatoms. The number of rotatable bonds is 5. The SMILES string of the molecule is COC(=O)C(CNc1ccccc1C#N)NC(C)=O. The lowest BCUT2D eigenvalue weighted by molar-refractivity contribution is -0.144. The van der Waals surface area contributed by atoms with Crippen LogP contribution in [0.5, 0.6) is 0 Å². The van der Waals surface area contributed by atoms with Gasteiger partial charge >= 0.3 is 5.97 Å². The van der Waals surface area contributed by atoms with Crippen molar-refractivity contribution in [3.63, 3.8) is 0 Å². The fraction of sp³-hybridized carbons (Fsp3) is 0.308. The molecular weight excluding hydrogens is 246 g/mol. The number of nitriles is 1. The van der Waals surface area contributed by atoms with E-state index in [0.29, 0.717) is 11.3 Å². The minimum Gasteiger partial charge on any atom is -0.467 e. The lowest BCUT2D eigenvalue weighted by Crippen LogP contribution is -2.45. The number of hydrogen-bond acceptors (Lipinski definition) is 5. The topological polar surface area (TPSA) is 91.2 Å². The molecule has 0 spiro atoms. The lowest BCUT2D eigenvalue weighted by Gasteiger charge is -2.17. The molecule has 1 atom stereocenters. The fourth-order valence-electron chi connectivity index (χ4n) is 1.53. The van der Waals surface area contributed by atoms with Crippen molar-refractivity contribution in [2.75, 3.05) is 19.0 Å². The summed E-state index contributed by atoms with van der Waals surface area (Å²) in [7, 11) is 1.25. The van der Waals surface area contributed by atoms with E-state index >= 15 is 0 Å². The standard InChI is InChI=1S/C13H15N3O3/c1-9(17)16-12(13(18)19-2)8-15-11-6-4-3-5-10(11)7-14/h3-6,12,15H,8H2,1-2H3,(H,16,17). The van der Waals surface area contributed by atoms with Gasteiger partial charge in [-0.3, -0.25) is 4.79 Å². The molecule has 2 N–H and O–H groups in total. The van der Waals surface area contributed by atoms with Gasteiger partial charge in [-0.15, -0.1) is 0 Å². The van der Waals surface area contributed by atoms with Crippen LogP contribution >= 0.6 is 0 Å². The predicted octanol–water partition coefficient (Wildman–Crippen LogP) is 0.648. The third-order valence-corrected chi connectivity index (χ3v) is 2.41. The van der Waals surface area contributed by atoms with Crippen molar-refractivity contribution >= 4 is 17.6 Å². The zero-order chi connectivity index (χ0) is 14.3. The Hall–Kier alpha value is -2.55. The number of hydrogen-bond donors (Lipinski definition) is 2. The first-order chi connectivity index (χ1) is 9.08. The third kappa shape index (κ3) is 4.32. The first kappa shape index (κ1) is 14.5. The van der Waals surface area contributed by atoms with Crippen LogP contribution < -0.4 is 10.6 Å². The number of ether oxygens (including phenoxy) is 1. The molecule has 0 fully saturated rings. The molecule has 0 radical (unpaired) electrons. The van der Waals surface area contributed by atoms with Crippen molar-refractivity contribution in [1.29, 1.82) is 5.26 Å². The largest absolute Gasteiger partial charge is 0.467 e. The van der Waals surface area contributed by atoms with E-state index < -0.39 is 12.0 Å². The Labute approximate surface area is 111 Å². The summed E-state index contributed by atoms with van der Waals surface area (Å²) in [6.07, 6.45) is 0. The van der Waals surface area contributed by atoms with E-state index in [1.165, 1.54) is 14.0 Å². The van der Waals surface area contributed by atoms with E-state index in [1.54, 1.807) is 24.3 Å². The van der Waals surface area contributed by atoms with Crippen LogP contribution in [0.15, 0.2) is 24.3 Å². The molecule has 0 saturated heterocycles. The maximum absolute atomic E-state index is 11.5. The first-order valence-electron chi connectivity index (χ1n) is 5.66. The smallest absolute Gasteiger partial charge is 0.330 e. The van der Waals surface area contributed by atoms with E-state index in [9.17, 15) is 9.59 Å². The molecule has 19 heavy (non-hydrogen) atoms. The minimum absolute atomic E-state index is 0.144. The Kier molecular flexibility index (Phi) is 5.35. The molecule has 0 saturated carbocycles. The number of nitrogens with zero attached hydrogens (tertiary/aromatic N) is 1. The second kappa shape index (κ2) is 7.01. The molecule has 1 amide bonds. The van der Waals surface area contributed by atoms with Crippen LogP contribution in [-0.4, -0.2) is 31.6 Å². The highest BCUT2D eigenvalue weighted by molar-refractivity contribution is 5.83. The Balaban J connectivity index is 2.73. The number of carbonyl (C=O) groups is 2. The molecule has 1 aromatic rings. The van der Waals surface area contributed by atoms with Crippen molar-refractivity contribution < 1.29 is 14.3 Å². The van der Waals surface area contributed by atoms with Gasteiger partial charge in [0.25, 0.3) is 0 Å². The van der Waals surface area contributed by atoms with Crippen molar-refractivity contribution in [2.45, 2.75) is 13.0 Å². The van der Waals surface area contributed by atoms with Gasteiger partial charge < -0.3 is 15.4 Å². The average molecular weight is 261 g/mol. The molecule has 6 nitrogen and oxygen atoms in total. The number of para-hydroxylation sites is 1. The van der Waals surface area contributed by atoms with Crippen molar-refractivity contribution in [2.24, 2.45) is 0 Å². The highest BCUT2D eigenvalue weighted by atomic mass is 16.5. The summed E-state index contributed by atoms with van der Waals surface area (Å²) in [6, 6.07) is 8.14. The molecular formula is C13H15N3O3. The molecule has 0 aromatic heterocycles. The van der Waals surface area contributed by atoms with Crippen LogP contribution in [-0.2, 0) is 14.3 Å².